The summed E-state index contributed by atoms with van der Waals surface area (Å²) < 4.78 is 23.8. The number of rotatable bonds is 9. The van der Waals surface area contributed by atoms with Crippen molar-refractivity contribution in [2.24, 2.45) is 5.92 Å². The Balaban J connectivity index is 1.22. The Kier molecular flexibility index (Phi) is 7.42. The Morgan fingerprint density at radius 2 is 1.51 bits per heavy atom. The summed E-state index contributed by atoms with van der Waals surface area (Å²) >= 11 is 0. The molecule has 6 nitrogen and oxygen atoms in total. The van der Waals surface area contributed by atoms with E-state index in [0.717, 1.165) is 16.7 Å². The molecular weight excluding hydrogens is 442 g/mol. The Bertz CT molecular complexity index is 1080. The summed E-state index contributed by atoms with van der Waals surface area (Å²) in [6.45, 7) is 3.86. The van der Waals surface area contributed by atoms with Crippen molar-refractivity contribution in [2.45, 2.75) is 44.6 Å². The minimum absolute atomic E-state index is 0.0327. The van der Waals surface area contributed by atoms with E-state index in [1.165, 1.54) is 0 Å². The maximum absolute atomic E-state index is 13.3. The summed E-state index contributed by atoms with van der Waals surface area (Å²) in [6, 6.07) is 29.5. The molecule has 2 aliphatic heterocycles. The zero-order valence-electron chi connectivity index (χ0n) is 19.9. The predicted octanol–water partition coefficient (Wildman–Crippen LogP) is 5.34. The molecule has 5 rings (SSSR count). The van der Waals surface area contributed by atoms with Gasteiger partial charge in [-0.2, -0.15) is 0 Å². The first kappa shape index (κ1) is 23.5. The molecule has 0 bridgehead atoms. The van der Waals surface area contributed by atoms with Crippen molar-refractivity contribution in [3.8, 4) is 0 Å². The average molecular weight is 474 g/mol. The zero-order chi connectivity index (χ0) is 24.0. The molecule has 2 fully saturated rings. The van der Waals surface area contributed by atoms with Crippen LogP contribution in [0, 0.1) is 5.92 Å². The Morgan fingerprint density at radius 1 is 0.914 bits per heavy atom. The Labute approximate surface area is 206 Å². The van der Waals surface area contributed by atoms with Crippen LogP contribution in [0.5, 0.6) is 0 Å². The van der Waals surface area contributed by atoms with Gasteiger partial charge >= 0.3 is 6.09 Å². The molecular formula is C29H31NO5. The number of amides is 1. The summed E-state index contributed by atoms with van der Waals surface area (Å²) in [5.74, 6) is 0.172. The maximum Gasteiger partial charge on any atom is 0.412 e. The van der Waals surface area contributed by atoms with Gasteiger partial charge in [-0.25, -0.2) is 4.79 Å². The van der Waals surface area contributed by atoms with Crippen LogP contribution in [-0.2, 0) is 32.2 Å². The van der Waals surface area contributed by atoms with Crippen LogP contribution in [0.4, 0.5) is 4.79 Å². The van der Waals surface area contributed by atoms with Crippen LogP contribution in [-0.4, -0.2) is 42.6 Å². The molecule has 0 unspecified atom stereocenters. The van der Waals surface area contributed by atoms with E-state index in [4.69, 9.17) is 18.9 Å². The maximum atomic E-state index is 13.3. The van der Waals surface area contributed by atoms with Crippen LogP contribution < -0.4 is 0 Å². The van der Waals surface area contributed by atoms with Gasteiger partial charge in [-0.3, -0.25) is 4.90 Å². The highest BCUT2D eigenvalue weighted by atomic mass is 16.6. The van der Waals surface area contributed by atoms with Gasteiger partial charge in [-0.1, -0.05) is 97.9 Å². The number of carbonyl (C=O) groups excluding carboxylic acids is 1. The molecule has 1 amide bonds. The molecule has 2 saturated heterocycles. The number of hydrogen-bond donors (Lipinski definition) is 0. The minimum atomic E-state index is -0.495. The van der Waals surface area contributed by atoms with Crippen LogP contribution >= 0.6 is 0 Å². The van der Waals surface area contributed by atoms with Gasteiger partial charge in [0.05, 0.1) is 32.0 Å². The van der Waals surface area contributed by atoms with Crippen LogP contribution in [0.3, 0.4) is 0 Å². The first-order valence-electron chi connectivity index (χ1n) is 12.1. The average Bonchev–Trinajstić information content (AvgIpc) is 3.59. The lowest BCUT2D eigenvalue weighted by Crippen LogP contribution is -2.42. The van der Waals surface area contributed by atoms with E-state index in [-0.39, 0.29) is 30.8 Å². The summed E-state index contributed by atoms with van der Waals surface area (Å²) in [5, 5.41) is 0. The van der Waals surface area contributed by atoms with Crippen molar-refractivity contribution in [3.63, 3.8) is 0 Å². The van der Waals surface area contributed by atoms with Crippen molar-refractivity contribution < 1.29 is 23.7 Å². The molecule has 0 aromatic heterocycles. The lowest BCUT2D eigenvalue weighted by atomic mass is 10.0. The quantitative estimate of drug-likeness (QED) is 0.393. The van der Waals surface area contributed by atoms with Gasteiger partial charge in [-0.05, 0) is 16.7 Å². The molecule has 0 N–H and O–H groups in total. The summed E-state index contributed by atoms with van der Waals surface area (Å²) in [7, 11) is 0. The normalized spacial score (nSPS) is 24.2. The van der Waals surface area contributed by atoms with Gasteiger partial charge in [0.2, 0.25) is 0 Å². The second kappa shape index (κ2) is 11.0. The van der Waals surface area contributed by atoms with Crippen LogP contribution in [0.15, 0.2) is 91.0 Å². The molecule has 0 radical (unpaired) electrons. The fraction of sp³-hybridized carbons (Fsp3) is 0.345. The van der Waals surface area contributed by atoms with Crippen LogP contribution in [0.25, 0.3) is 0 Å². The Morgan fingerprint density at radius 3 is 2.17 bits per heavy atom. The highest BCUT2D eigenvalue weighted by Crippen LogP contribution is 2.41. The van der Waals surface area contributed by atoms with E-state index < -0.39 is 12.3 Å². The number of hydrogen-bond acceptors (Lipinski definition) is 5. The summed E-state index contributed by atoms with van der Waals surface area (Å²) in [4.78, 5) is 15.0. The number of nitrogens with zero attached hydrogens (tertiary/aromatic N) is 1. The predicted molar refractivity (Wildman–Crippen MR) is 131 cm³/mol. The van der Waals surface area contributed by atoms with Gasteiger partial charge in [0, 0.05) is 5.92 Å². The largest absolute Gasteiger partial charge is 0.444 e. The molecule has 3 aromatic rings. The molecule has 0 saturated carbocycles. The smallest absolute Gasteiger partial charge is 0.412 e. The third-order valence-electron chi connectivity index (χ3n) is 6.53. The van der Waals surface area contributed by atoms with Crippen molar-refractivity contribution in [2.75, 3.05) is 13.2 Å². The van der Waals surface area contributed by atoms with E-state index in [2.05, 4.69) is 19.1 Å². The van der Waals surface area contributed by atoms with Crippen molar-refractivity contribution in [1.29, 1.82) is 0 Å². The molecule has 2 heterocycles. The highest BCUT2D eigenvalue weighted by molar-refractivity contribution is 5.69. The van der Waals surface area contributed by atoms with Crippen LogP contribution in [0.1, 0.15) is 29.7 Å². The number of ether oxygens (including phenoxy) is 4. The summed E-state index contributed by atoms with van der Waals surface area (Å²) in [5.41, 5.74) is 3.10. The van der Waals surface area contributed by atoms with Gasteiger partial charge in [0.25, 0.3) is 0 Å². The number of epoxide rings is 1. The molecule has 35 heavy (non-hydrogen) atoms. The van der Waals surface area contributed by atoms with Crippen molar-refractivity contribution >= 4 is 6.09 Å². The standard InChI is InChI=1S/C29H31NO5/c1-21(17-32-18-22-11-5-2-6-12-22)26-27(35-26)28-30(25(20-33-28)24-15-9-4-10-16-24)29(31)34-19-23-13-7-3-8-14-23/h2-16,21,25-28H,17-20H2,1H3/t21-,25-,26+,27+,28+/m0/s1. The van der Waals surface area contributed by atoms with Gasteiger partial charge < -0.3 is 18.9 Å². The highest BCUT2D eigenvalue weighted by Gasteiger charge is 2.56. The molecule has 182 valence electrons. The fourth-order valence-electron chi connectivity index (χ4n) is 4.59. The van der Waals surface area contributed by atoms with Gasteiger partial charge in [0.15, 0.2) is 6.23 Å². The second-order valence-electron chi connectivity index (χ2n) is 9.14. The molecule has 5 atom stereocenters. The SMILES string of the molecule is C[C@@H](COCc1ccccc1)[C@H]1O[C@H]1[C@H]1OC[C@@H](c2ccccc2)N1C(=O)OCc1ccccc1. The second-order valence-corrected chi connectivity index (χ2v) is 9.14. The molecule has 0 aliphatic carbocycles. The monoisotopic (exact) mass is 473 g/mol. The van der Waals surface area contributed by atoms with Gasteiger partial charge in [-0.15, -0.1) is 0 Å². The topological polar surface area (TPSA) is 60.5 Å². The molecule has 0 spiro atoms. The molecule has 3 aromatic carbocycles. The first-order chi connectivity index (χ1) is 17.2. The van der Waals surface area contributed by atoms with Crippen molar-refractivity contribution in [1.82, 2.24) is 4.90 Å². The third kappa shape index (κ3) is 5.73. The summed E-state index contributed by atoms with van der Waals surface area (Å²) in [6.07, 6.45) is -1.13. The van der Waals surface area contributed by atoms with E-state index >= 15 is 0 Å². The molecule has 2 aliphatic rings. The lowest BCUT2D eigenvalue weighted by Gasteiger charge is -2.27. The fourth-order valence-corrected chi connectivity index (χ4v) is 4.59. The minimum Gasteiger partial charge on any atom is -0.444 e. The zero-order valence-corrected chi connectivity index (χ0v) is 19.9. The van der Waals surface area contributed by atoms with Crippen molar-refractivity contribution in [3.05, 3.63) is 108 Å². The first-order valence-corrected chi connectivity index (χ1v) is 12.1. The number of benzene rings is 3. The van der Waals surface area contributed by atoms with Gasteiger partial charge in [0.1, 0.15) is 12.7 Å². The third-order valence-corrected chi connectivity index (χ3v) is 6.53. The van der Waals surface area contributed by atoms with E-state index in [0.29, 0.717) is 19.8 Å². The van der Waals surface area contributed by atoms with E-state index in [1.807, 2.05) is 78.9 Å². The lowest BCUT2D eigenvalue weighted by molar-refractivity contribution is 0.00216. The van der Waals surface area contributed by atoms with Crippen LogP contribution in [0.2, 0.25) is 0 Å². The van der Waals surface area contributed by atoms with E-state index in [9.17, 15) is 4.79 Å². The molecule has 6 heteroatoms. The number of carbonyl (C=O) groups is 1. The van der Waals surface area contributed by atoms with E-state index in [1.54, 1.807) is 4.90 Å². The Hall–Kier alpha value is -3.19.